The topological polar surface area (TPSA) is 38.5 Å². The zero-order valence-corrected chi connectivity index (χ0v) is 10.9. The Hall–Kier alpha value is -1.04. The smallest absolute Gasteiger partial charge is 0.130 e. The average molecular weight is 270 g/mol. The Morgan fingerprint density at radius 3 is 2.63 bits per heavy atom. The number of likely N-dealkylation sites (tertiary alicyclic amines) is 1. The maximum Gasteiger partial charge on any atom is 0.130 e. The number of nitrogens with two attached hydrogens (primary N) is 1. The van der Waals surface area contributed by atoms with Crippen LogP contribution in [0, 0.1) is 11.6 Å². The lowest BCUT2D eigenvalue weighted by Gasteiger charge is -2.31. The van der Waals surface area contributed by atoms with Gasteiger partial charge in [-0.1, -0.05) is 6.07 Å². The van der Waals surface area contributed by atoms with Crippen molar-refractivity contribution >= 4 is 0 Å². The summed E-state index contributed by atoms with van der Waals surface area (Å²) in [5.41, 5.74) is 5.94. The highest BCUT2D eigenvalue weighted by Gasteiger charge is 2.20. The van der Waals surface area contributed by atoms with Crippen molar-refractivity contribution < 1.29 is 13.5 Å². The number of piperidine rings is 1. The second-order valence-corrected chi connectivity index (χ2v) is 4.87. The standard InChI is InChI=1S/C14H20F2N2O/c15-12-2-1-11(14(16)9-12)10-18-6-3-13(4-7-18)19-8-5-17/h1-2,9,13H,3-8,10,17H2. The van der Waals surface area contributed by atoms with E-state index in [0.29, 0.717) is 25.3 Å². The van der Waals surface area contributed by atoms with E-state index in [0.717, 1.165) is 32.0 Å². The number of hydrogen-bond donors (Lipinski definition) is 1. The van der Waals surface area contributed by atoms with Gasteiger partial charge in [-0.3, -0.25) is 4.90 Å². The minimum Gasteiger partial charge on any atom is -0.377 e. The highest BCUT2D eigenvalue weighted by atomic mass is 19.1. The van der Waals surface area contributed by atoms with Gasteiger partial charge in [0.05, 0.1) is 12.7 Å². The van der Waals surface area contributed by atoms with E-state index in [2.05, 4.69) is 4.90 Å². The number of halogens is 2. The summed E-state index contributed by atoms with van der Waals surface area (Å²) in [5, 5.41) is 0. The van der Waals surface area contributed by atoms with Crippen molar-refractivity contribution in [2.45, 2.75) is 25.5 Å². The molecule has 0 aliphatic carbocycles. The molecule has 19 heavy (non-hydrogen) atoms. The fourth-order valence-electron chi connectivity index (χ4n) is 2.36. The molecule has 0 radical (unpaired) electrons. The molecule has 1 fully saturated rings. The van der Waals surface area contributed by atoms with E-state index < -0.39 is 11.6 Å². The summed E-state index contributed by atoms with van der Waals surface area (Å²) < 4.78 is 32.0. The molecular weight excluding hydrogens is 250 g/mol. The number of nitrogens with zero attached hydrogens (tertiary/aromatic N) is 1. The quantitative estimate of drug-likeness (QED) is 0.888. The van der Waals surface area contributed by atoms with E-state index in [9.17, 15) is 8.78 Å². The first-order valence-electron chi connectivity index (χ1n) is 6.67. The fourth-order valence-corrected chi connectivity index (χ4v) is 2.36. The Balaban J connectivity index is 1.82. The van der Waals surface area contributed by atoms with Gasteiger partial charge in [0.25, 0.3) is 0 Å². The Kier molecular flexibility index (Phi) is 5.24. The van der Waals surface area contributed by atoms with Gasteiger partial charge in [-0.05, 0) is 18.9 Å². The molecule has 3 nitrogen and oxygen atoms in total. The third-order valence-corrected chi connectivity index (χ3v) is 3.42. The molecule has 1 aromatic rings. The van der Waals surface area contributed by atoms with Crippen LogP contribution in [0.4, 0.5) is 8.78 Å². The van der Waals surface area contributed by atoms with E-state index in [1.165, 1.54) is 12.1 Å². The SMILES string of the molecule is NCCOC1CCN(Cc2ccc(F)cc2F)CC1. The molecule has 0 bridgehead atoms. The molecule has 0 unspecified atom stereocenters. The van der Waals surface area contributed by atoms with Crippen molar-refractivity contribution in [3.8, 4) is 0 Å². The molecule has 0 aromatic heterocycles. The van der Waals surface area contributed by atoms with Crippen molar-refractivity contribution in [1.29, 1.82) is 0 Å². The maximum atomic E-state index is 13.5. The van der Waals surface area contributed by atoms with Gasteiger partial charge in [0.1, 0.15) is 11.6 Å². The van der Waals surface area contributed by atoms with Crippen LogP contribution in [0.1, 0.15) is 18.4 Å². The molecule has 5 heteroatoms. The molecule has 0 atom stereocenters. The lowest BCUT2D eigenvalue weighted by Crippen LogP contribution is -2.37. The van der Waals surface area contributed by atoms with Gasteiger partial charge < -0.3 is 10.5 Å². The summed E-state index contributed by atoms with van der Waals surface area (Å²) in [5.74, 6) is -1.00. The van der Waals surface area contributed by atoms with Crippen LogP contribution in [-0.4, -0.2) is 37.2 Å². The number of ether oxygens (including phenoxy) is 1. The summed E-state index contributed by atoms with van der Waals surface area (Å²) >= 11 is 0. The summed E-state index contributed by atoms with van der Waals surface area (Å²) in [6, 6.07) is 3.75. The monoisotopic (exact) mass is 270 g/mol. The predicted molar refractivity (Wildman–Crippen MR) is 69.7 cm³/mol. The van der Waals surface area contributed by atoms with Gasteiger partial charge in [-0.25, -0.2) is 8.78 Å². The van der Waals surface area contributed by atoms with E-state index in [4.69, 9.17) is 10.5 Å². The summed E-state index contributed by atoms with van der Waals surface area (Å²) in [6.45, 7) is 3.39. The molecule has 0 saturated carbocycles. The number of benzene rings is 1. The Morgan fingerprint density at radius 2 is 2.00 bits per heavy atom. The number of rotatable bonds is 5. The summed E-state index contributed by atoms with van der Waals surface area (Å²) in [4.78, 5) is 2.17. The number of hydrogen-bond acceptors (Lipinski definition) is 3. The van der Waals surface area contributed by atoms with Crippen LogP contribution in [0.2, 0.25) is 0 Å². The lowest BCUT2D eigenvalue weighted by molar-refractivity contribution is 0.00960. The van der Waals surface area contributed by atoms with Crippen LogP contribution in [0.3, 0.4) is 0 Å². The average Bonchev–Trinajstić information content (AvgIpc) is 2.41. The molecule has 1 saturated heterocycles. The van der Waals surface area contributed by atoms with Gasteiger partial charge in [-0.15, -0.1) is 0 Å². The highest BCUT2D eigenvalue weighted by molar-refractivity contribution is 5.18. The van der Waals surface area contributed by atoms with E-state index >= 15 is 0 Å². The van der Waals surface area contributed by atoms with Crippen molar-refractivity contribution in [3.63, 3.8) is 0 Å². The van der Waals surface area contributed by atoms with Gasteiger partial charge in [0.15, 0.2) is 0 Å². The summed E-state index contributed by atoms with van der Waals surface area (Å²) in [7, 11) is 0. The zero-order valence-electron chi connectivity index (χ0n) is 10.9. The van der Waals surface area contributed by atoms with E-state index in [1.807, 2.05) is 0 Å². The van der Waals surface area contributed by atoms with Gasteiger partial charge in [0.2, 0.25) is 0 Å². The molecule has 1 aromatic carbocycles. The largest absolute Gasteiger partial charge is 0.377 e. The molecule has 1 aliphatic rings. The minimum atomic E-state index is -0.532. The Labute approximate surface area is 112 Å². The Morgan fingerprint density at radius 1 is 1.26 bits per heavy atom. The Bertz CT molecular complexity index is 406. The third-order valence-electron chi connectivity index (χ3n) is 3.42. The minimum absolute atomic E-state index is 0.262. The second-order valence-electron chi connectivity index (χ2n) is 4.87. The lowest BCUT2D eigenvalue weighted by atomic mass is 10.1. The zero-order chi connectivity index (χ0) is 13.7. The van der Waals surface area contributed by atoms with Crippen LogP contribution in [0.5, 0.6) is 0 Å². The first kappa shape index (κ1) is 14.4. The van der Waals surface area contributed by atoms with Crippen LogP contribution < -0.4 is 5.73 Å². The van der Waals surface area contributed by atoms with Crippen molar-refractivity contribution in [2.75, 3.05) is 26.2 Å². The van der Waals surface area contributed by atoms with Crippen LogP contribution in [0.15, 0.2) is 18.2 Å². The van der Waals surface area contributed by atoms with E-state index in [-0.39, 0.29) is 6.10 Å². The normalized spacial score (nSPS) is 17.8. The van der Waals surface area contributed by atoms with Gasteiger partial charge in [0, 0.05) is 37.8 Å². The van der Waals surface area contributed by atoms with E-state index in [1.54, 1.807) is 0 Å². The first-order valence-corrected chi connectivity index (χ1v) is 6.67. The molecule has 0 amide bonds. The van der Waals surface area contributed by atoms with Crippen LogP contribution in [-0.2, 0) is 11.3 Å². The van der Waals surface area contributed by atoms with Crippen molar-refractivity contribution in [3.05, 3.63) is 35.4 Å². The second kappa shape index (κ2) is 6.93. The molecule has 0 spiro atoms. The maximum absolute atomic E-state index is 13.5. The first-order chi connectivity index (χ1) is 9.19. The highest BCUT2D eigenvalue weighted by Crippen LogP contribution is 2.18. The fraction of sp³-hybridized carbons (Fsp3) is 0.571. The molecule has 2 N–H and O–H groups in total. The van der Waals surface area contributed by atoms with Gasteiger partial charge >= 0.3 is 0 Å². The molecule has 1 aliphatic heterocycles. The molecule has 1 heterocycles. The van der Waals surface area contributed by atoms with Crippen LogP contribution in [0.25, 0.3) is 0 Å². The van der Waals surface area contributed by atoms with Gasteiger partial charge in [-0.2, -0.15) is 0 Å². The van der Waals surface area contributed by atoms with Crippen molar-refractivity contribution in [2.24, 2.45) is 5.73 Å². The summed E-state index contributed by atoms with van der Waals surface area (Å²) in [6.07, 6.45) is 2.13. The molecule has 106 valence electrons. The molecular formula is C14H20F2N2O. The van der Waals surface area contributed by atoms with Crippen LogP contribution >= 0.6 is 0 Å². The van der Waals surface area contributed by atoms with Crippen molar-refractivity contribution in [1.82, 2.24) is 4.90 Å². The third kappa shape index (κ3) is 4.23. The predicted octanol–water partition coefficient (Wildman–Crippen LogP) is 1.90. The molecule has 2 rings (SSSR count).